The summed E-state index contributed by atoms with van der Waals surface area (Å²) < 4.78 is 1.40. The van der Waals surface area contributed by atoms with Crippen molar-refractivity contribution in [2.75, 3.05) is 5.32 Å². The lowest BCUT2D eigenvalue weighted by molar-refractivity contribution is 0.501. The Morgan fingerprint density at radius 3 is 2.42 bits per heavy atom. The highest BCUT2D eigenvalue weighted by atomic mass is 35.5. The van der Waals surface area contributed by atoms with Gasteiger partial charge in [-0.25, -0.2) is 4.68 Å². The summed E-state index contributed by atoms with van der Waals surface area (Å²) in [5, 5.41) is 7.63. The highest BCUT2D eigenvalue weighted by Gasteiger charge is 2.13. The van der Waals surface area contributed by atoms with Crippen LogP contribution in [0.5, 0.6) is 0 Å². The zero-order valence-electron chi connectivity index (χ0n) is 12.4. The van der Waals surface area contributed by atoms with E-state index in [4.69, 9.17) is 11.6 Å². The van der Waals surface area contributed by atoms with Crippen LogP contribution in [0.4, 0.5) is 5.69 Å². The third kappa shape index (κ3) is 4.53. The van der Waals surface area contributed by atoms with Crippen LogP contribution in [-0.4, -0.2) is 15.8 Å². The topological polar surface area (TPSA) is 46.9 Å². The fourth-order valence-corrected chi connectivity index (χ4v) is 2.02. The van der Waals surface area contributed by atoms with E-state index in [9.17, 15) is 4.79 Å². The minimum Gasteiger partial charge on any atom is -0.380 e. The number of aromatic nitrogens is 2. The van der Waals surface area contributed by atoms with Crippen molar-refractivity contribution in [3.05, 3.63) is 21.6 Å². The monoisotopic (exact) mass is 285 g/mol. The first-order valence-electron chi connectivity index (χ1n) is 6.86. The van der Waals surface area contributed by atoms with Crippen LogP contribution in [-0.2, 0) is 0 Å². The summed E-state index contributed by atoms with van der Waals surface area (Å²) in [5.74, 6) is 0.673. The molecule has 1 atom stereocenters. The van der Waals surface area contributed by atoms with E-state index in [0.717, 1.165) is 12.8 Å². The van der Waals surface area contributed by atoms with Crippen molar-refractivity contribution < 1.29 is 0 Å². The summed E-state index contributed by atoms with van der Waals surface area (Å²) in [6.45, 7) is 10.3. The number of halogens is 1. The van der Waals surface area contributed by atoms with Crippen LogP contribution in [0, 0.1) is 5.92 Å². The first kappa shape index (κ1) is 16.0. The quantitative estimate of drug-likeness (QED) is 0.866. The number of nitrogens with zero attached hydrogens (tertiary/aromatic N) is 2. The molecule has 1 unspecified atom stereocenters. The molecular formula is C14H24ClN3O. The van der Waals surface area contributed by atoms with Crippen LogP contribution in [0.15, 0.2) is 11.0 Å². The van der Waals surface area contributed by atoms with Crippen LogP contribution in [0.1, 0.15) is 53.5 Å². The van der Waals surface area contributed by atoms with Crippen LogP contribution < -0.4 is 10.9 Å². The van der Waals surface area contributed by atoms with Gasteiger partial charge in [0.15, 0.2) is 0 Å². The Morgan fingerprint density at radius 2 is 1.89 bits per heavy atom. The smallest absolute Gasteiger partial charge is 0.287 e. The van der Waals surface area contributed by atoms with Gasteiger partial charge in [-0.2, -0.15) is 5.10 Å². The molecule has 0 aromatic carbocycles. The van der Waals surface area contributed by atoms with Gasteiger partial charge in [0.1, 0.15) is 5.02 Å². The van der Waals surface area contributed by atoms with Crippen molar-refractivity contribution in [2.24, 2.45) is 5.92 Å². The summed E-state index contributed by atoms with van der Waals surface area (Å²) >= 11 is 6.11. The zero-order chi connectivity index (χ0) is 14.6. The van der Waals surface area contributed by atoms with Gasteiger partial charge in [-0.1, -0.05) is 25.4 Å². The fourth-order valence-electron chi connectivity index (χ4n) is 1.83. The molecule has 1 aromatic rings. The van der Waals surface area contributed by atoms with E-state index in [1.54, 1.807) is 6.20 Å². The van der Waals surface area contributed by atoms with E-state index in [-0.39, 0.29) is 22.7 Å². The number of anilines is 1. The van der Waals surface area contributed by atoms with Gasteiger partial charge in [-0.15, -0.1) is 0 Å². The number of hydrogen-bond acceptors (Lipinski definition) is 3. The normalized spacial score (nSPS) is 13.1. The maximum Gasteiger partial charge on any atom is 0.287 e. The molecule has 0 amide bonds. The van der Waals surface area contributed by atoms with Crippen LogP contribution in [0.2, 0.25) is 5.02 Å². The first-order chi connectivity index (χ1) is 8.82. The van der Waals surface area contributed by atoms with Gasteiger partial charge >= 0.3 is 0 Å². The molecule has 5 heteroatoms. The van der Waals surface area contributed by atoms with Crippen LogP contribution in [0.3, 0.4) is 0 Å². The Balaban J connectivity index is 2.80. The van der Waals surface area contributed by atoms with E-state index in [1.807, 2.05) is 13.8 Å². The Bertz CT molecular complexity index is 468. The van der Waals surface area contributed by atoms with Gasteiger partial charge in [0.05, 0.1) is 17.9 Å². The Kier molecular flexibility index (Phi) is 5.85. The molecule has 19 heavy (non-hydrogen) atoms. The molecule has 108 valence electrons. The number of hydrogen-bond donors (Lipinski definition) is 1. The second-order valence-corrected chi connectivity index (χ2v) is 6.11. The molecule has 0 bridgehead atoms. The van der Waals surface area contributed by atoms with E-state index in [1.165, 1.54) is 4.68 Å². The summed E-state index contributed by atoms with van der Waals surface area (Å²) in [4.78, 5) is 12.0. The predicted octanol–water partition coefficient (Wildman–Crippen LogP) is 3.71. The molecular weight excluding hydrogens is 262 g/mol. The SMILES string of the molecule is CC(C)CCC(C)Nc1cnn(C(C)C)c(=O)c1Cl. The average Bonchev–Trinajstić information content (AvgIpc) is 2.32. The molecule has 1 heterocycles. The van der Waals surface area contributed by atoms with Crippen molar-refractivity contribution >= 4 is 17.3 Å². The number of nitrogens with one attached hydrogen (secondary N) is 1. The molecule has 0 radical (unpaired) electrons. The van der Waals surface area contributed by atoms with Gasteiger partial charge in [-0.05, 0) is 39.5 Å². The molecule has 1 aromatic heterocycles. The van der Waals surface area contributed by atoms with E-state index in [0.29, 0.717) is 11.6 Å². The fraction of sp³-hybridized carbons (Fsp3) is 0.714. The van der Waals surface area contributed by atoms with E-state index < -0.39 is 0 Å². The molecule has 4 nitrogen and oxygen atoms in total. The van der Waals surface area contributed by atoms with Gasteiger partial charge < -0.3 is 5.32 Å². The summed E-state index contributed by atoms with van der Waals surface area (Å²) in [6, 6.07) is 0.286. The lowest BCUT2D eigenvalue weighted by Gasteiger charge is -2.18. The first-order valence-corrected chi connectivity index (χ1v) is 7.24. The lowest BCUT2D eigenvalue weighted by Crippen LogP contribution is -2.27. The van der Waals surface area contributed by atoms with Crippen molar-refractivity contribution in [3.63, 3.8) is 0 Å². The molecule has 0 saturated carbocycles. The van der Waals surface area contributed by atoms with Gasteiger partial charge in [-0.3, -0.25) is 4.79 Å². The number of rotatable bonds is 6. The summed E-state index contributed by atoms with van der Waals surface area (Å²) in [7, 11) is 0. The largest absolute Gasteiger partial charge is 0.380 e. The van der Waals surface area contributed by atoms with Gasteiger partial charge in [0.2, 0.25) is 0 Å². The molecule has 0 aliphatic carbocycles. The third-order valence-corrected chi connectivity index (χ3v) is 3.38. The van der Waals surface area contributed by atoms with Gasteiger partial charge in [0, 0.05) is 6.04 Å². The van der Waals surface area contributed by atoms with Crippen molar-refractivity contribution in [3.8, 4) is 0 Å². The zero-order valence-corrected chi connectivity index (χ0v) is 13.2. The average molecular weight is 286 g/mol. The molecule has 0 fully saturated rings. The van der Waals surface area contributed by atoms with Crippen molar-refractivity contribution in [1.82, 2.24) is 9.78 Å². The van der Waals surface area contributed by atoms with Crippen LogP contribution >= 0.6 is 11.6 Å². The molecule has 1 rings (SSSR count). The van der Waals surface area contributed by atoms with E-state index >= 15 is 0 Å². The highest BCUT2D eigenvalue weighted by molar-refractivity contribution is 6.32. The Labute approximate surface area is 120 Å². The molecule has 1 N–H and O–H groups in total. The van der Waals surface area contributed by atoms with Crippen molar-refractivity contribution in [1.29, 1.82) is 0 Å². The highest BCUT2D eigenvalue weighted by Crippen LogP contribution is 2.19. The minimum absolute atomic E-state index is 0.0115. The second-order valence-electron chi connectivity index (χ2n) is 5.73. The third-order valence-electron chi connectivity index (χ3n) is 3.01. The molecule has 0 saturated heterocycles. The molecule has 0 spiro atoms. The second kappa shape index (κ2) is 6.94. The standard InChI is InChI=1S/C14H24ClN3O/c1-9(2)6-7-11(5)17-12-8-16-18(10(3)4)14(19)13(12)15/h8-11,17H,6-7H2,1-5H3. The van der Waals surface area contributed by atoms with Crippen LogP contribution in [0.25, 0.3) is 0 Å². The van der Waals surface area contributed by atoms with E-state index in [2.05, 4.69) is 31.2 Å². The summed E-state index contributed by atoms with van der Waals surface area (Å²) in [5.41, 5.74) is 0.387. The van der Waals surface area contributed by atoms with Gasteiger partial charge in [0.25, 0.3) is 5.56 Å². The lowest BCUT2D eigenvalue weighted by atomic mass is 10.0. The minimum atomic E-state index is -0.238. The Morgan fingerprint density at radius 1 is 1.26 bits per heavy atom. The predicted molar refractivity (Wildman–Crippen MR) is 81.0 cm³/mol. The maximum atomic E-state index is 12.0. The maximum absolute atomic E-state index is 12.0. The van der Waals surface area contributed by atoms with Crippen molar-refractivity contribution in [2.45, 2.75) is 59.5 Å². The molecule has 0 aliphatic rings. The molecule has 0 aliphatic heterocycles. The Hall–Kier alpha value is -1.03. The summed E-state index contributed by atoms with van der Waals surface area (Å²) in [6.07, 6.45) is 3.82.